The van der Waals surface area contributed by atoms with E-state index >= 15 is 0 Å². The van der Waals surface area contributed by atoms with Gasteiger partial charge in [0.25, 0.3) is 0 Å². The van der Waals surface area contributed by atoms with Crippen LogP contribution in [0.3, 0.4) is 0 Å². The van der Waals surface area contributed by atoms with Gasteiger partial charge in [0.2, 0.25) is 0 Å². The Morgan fingerprint density at radius 3 is 2.86 bits per heavy atom. The van der Waals surface area contributed by atoms with E-state index in [1.807, 2.05) is 20.9 Å². The summed E-state index contributed by atoms with van der Waals surface area (Å²) in [6.07, 6.45) is 0. The summed E-state index contributed by atoms with van der Waals surface area (Å²) in [5, 5.41) is 3.05. The van der Waals surface area contributed by atoms with E-state index in [4.69, 9.17) is 4.74 Å². The molecule has 0 aliphatic rings. The molecule has 0 radical (unpaired) electrons. The molecule has 0 aliphatic carbocycles. The summed E-state index contributed by atoms with van der Waals surface area (Å²) in [6.45, 7) is 4.45. The maximum atomic E-state index is 12.9. The molecule has 0 fully saturated rings. The van der Waals surface area contributed by atoms with Crippen LogP contribution in [0.2, 0.25) is 0 Å². The molecule has 0 heterocycles. The molecule has 2 nitrogen and oxygen atoms in total. The summed E-state index contributed by atoms with van der Waals surface area (Å²) in [6, 6.07) is 4.83. The maximum absolute atomic E-state index is 12.9. The second kappa shape index (κ2) is 4.96. The molecule has 0 saturated carbocycles. The fourth-order valence-corrected chi connectivity index (χ4v) is 1.03. The number of hydrogen-bond acceptors (Lipinski definition) is 2. The number of nitrogens with one attached hydrogen (secondary N) is 1. The molecule has 0 saturated heterocycles. The lowest BCUT2D eigenvalue weighted by atomic mass is 10.2. The summed E-state index contributed by atoms with van der Waals surface area (Å²) < 4.78 is 18.3. The Balaban J connectivity index is 2.62. The van der Waals surface area contributed by atoms with E-state index in [0.717, 1.165) is 5.56 Å². The predicted octanol–water partition coefficient (Wildman–Crippen LogP) is 2.12. The number of rotatable bonds is 4. The van der Waals surface area contributed by atoms with Gasteiger partial charge in [-0.1, -0.05) is 6.07 Å². The molecule has 0 aliphatic heterocycles. The van der Waals surface area contributed by atoms with Gasteiger partial charge in [0, 0.05) is 12.1 Å². The molecule has 1 rings (SSSR count). The van der Waals surface area contributed by atoms with Gasteiger partial charge in [-0.15, -0.1) is 0 Å². The Morgan fingerprint density at radius 2 is 2.21 bits per heavy atom. The van der Waals surface area contributed by atoms with Crippen molar-refractivity contribution in [3.05, 3.63) is 29.6 Å². The van der Waals surface area contributed by atoms with Crippen molar-refractivity contribution in [2.24, 2.45) is 0 Å². The van der Waals surface area contributed by atoms with Crippen molar-refractivity contribution in [1.82, 2.24) is 5.32 Å². The summed E-state index contributed by atoms with van der Waals surface area (Å²) >= 11 is 0. The van der Waals surface area contributed by atoms with Crippen LogP contribution in [-0.2, 0) is 0 Å². The van der Waals surface area contributed by atoms with Gasteiger partial charge in [-0.25, -0.2) is 4.39 Å². The lowest BCUT2D eigenvalue weighted by Crippen LogP contribution is -2.28. The third kappa shape index (κ3) is 3.00. The average molecular weight is 197 g/mol. The second-order valence-corrected chi connectivity index (χ2v) is 3.41. The number of aryl methyl sites for hydroxylation is 1. The summed E-state index contributed by atoms with van der Waals surface area (Å²) in [5.74, 6) is 0.356. The van der Waals surface area contributed by atoms with E-state index in [1.165, 1.54) is 12.1 Å². The molecular weight excluding hydrogens is 181 g/mol. The van der Waals surface area contributed by atoms with Gasteiger partial charge in [-0.05, 0) is 32.5 Å². The van der Waals surface area contributed by atoms with E-state index < -0.39 is 0 Å². The Kier molecular flexibility index (Phi) is 3.89. The first-order valence-corrected chi connectivity index (χ1v) is 4.69. The fraction of sp³-hybridized carbons (Fsp3) is 0.455. The summed E-state index contributed by atoms with van der Waals surface area (Å²) in [4.78, 5) is 0. The van der Waals surface area contributed by atoms with Crippen molar-refractivity contribution in [3.8, 4) is 5.75 Å². The molecule has 0 amide bonds. The zero-order chi connectivity index (χ0) is 10.6. The van der Waals surface area contributed by atoms with Crippen LogP contribution in [0.5, 0.6) is 5.75 Å². The number of ether oxygens (including phenoxy) is 1. The van der Waals surface area contributed by atoms with Crippen molar-refractivity contribution in [2.45, 2.75) is 19.9 Å². The molecule has 78 valence electrons. The molecule has 1 unspecified atom stereocenters. The summed E-state index contributed by atoms with van der Waals surface area (Å²) in [5.41, 5.74) is 0.953. The third-order valence-corrected chi connectivity index (χ3v) is 2.13. The molecule has 0 aromatic heterocycles. The van der Waals surface area contributed by atoms with Gasteiger partial charge >= 0.3 is 0 Å². The highest BCUT2D eigenvalue weighted by atomic mass is 19.1. The number of benzene rings is 1. The molecule has 3 heteroatoms. The van der Waals surface area contributed by atoms with Gasteiger partial charge in [-0.2, -0.15) is 0 Å². The Morgan fingerprint density at radius 1 is 1.50 bits per heavy atom. The SMILES string of the molecule is CNC(C)COc1cc(F)ccc1C. The first-order chi connectivity index (χ1) is 6.63. The first-order valence-electron chi connectivity index (χ1n) is 4.69. The Hall–Kier alpha value is -1.09. The molecule has 0 bridgehead atoms. The molecule has 14 heavy (non-hydrogen) atoms. The average Bonchev–Trinajstić information content (AvgIpc) is 2.19. The van der Waals surface area contributed by atoms with Gasteiger partial charge < -0.3 is 10.1 Å². The topological polar surface area (TPSA) is 21.3 Å². The van der Waals surface area contributed by atoms with Gasteiger partial charge in [-0.3, -0.25) is 0 Å². The van der Waals surface area contributed by atoms with E-state index in [0.29, 0.717) is 12.4 Å². The van der Waals surface area contributed by atoms with Crippen LogP contribution in [-0.4, -0.2) is 19.7 Å². The van der Waals surface area contributed by atoms with Crippen LogP contribution < -0.4 is 10.1 Å². The molecule has 0 spiro atoms. The van der Waals surface area contributed by atoms with Gasteiger partial charge in [0.05, 0.1) is 0 Å². The molecular formula is C11H16FNO. The van der Waals surface area contributed by atoms with Crippen molar-refractivity contribution in [1.29, 1.82) is 0 Å². The van der Waals surface area contributed by atoms with Gasteiger partial charge in [0.1, 0.15) is 18.2 Å². The van der Waals surface area contributed by atoms with Crippen LogP contribution in [0, 0.1) is 12.7 Å². The third-order valence-electron chi connectivity index (χ3n) is 2.13. The zero-order valence-corrected chi connectivity index (χ0v) is 8.80. The second-order valence-electron chi connectivity index (χ2n) is 3.41. The van der Waals surface area contributed by atoms with Gasteiger partial charge in [0.15, 0.2) is 0 Å². The Labute approximate surface area is 84.1 Å². The highest BCUT2D eigenvalue weighted by Gasteiger charge is 2.03. The zero-order valence-electron chi connectivity index (χ0n) is 8.80. The molecule has 1 aromatic carbocycles. The van der Waals surface area contributed by atoms with Crippen molar-refractivity contribution >= 4 is 0 Å². The highest BCUT2D eigenvalue weighted by Crippen LogP contribution is 2.18. The molecule has 1 N–H and O–H groups in total. The minimum Gasteiger partial charge on any atom is -0.492 e. The maximum Gasteiger partial charge on any atom is 0.126 e. The van der Waals surface area contributed by atoms with Crippen LogP contribution in [0.25, 0.3) is 0 Å². The quantitative estimate of drug-likeness (QED) is 0.798. The summed E-state index contributed by atoms with van der Waals surface area (Å²) in [7, 11) is 1.87. The van der Waals surface area contributed by atoms with Crippen LogP contribution in [0.1, 0.15) is 12.5 Å². The van der Waals surface area contributed by atoms with E-state index in [2.05, 4.69) is 5.32 Å². The standard InChI is InChI=1S/C11H16FNO/c1-8-4-5-10(12)6-11(8)14-7-9(2)13-3/h4-6,9,13H,7H2,1-3H3. The Bertz CT molecular complexity index is 301. The van der Waals surface area contributed by atoms with Crippen molar-refractivity contribution in [3.63, 3.8) is 0 Å². The van der Waals surface area contributed by atoms with Crippen LogP contribution in [0.4, 0.5) is 4.39 Å². The number of hydrogen-bond donors (Lipinski definition) is 1. The first kappa shape index (κ1) is 11.0. The predicted molar refractivity (Wildman–Crippen MR) is 55.2 cm³/mol. The fourth-order valence-electron chi connectivity index (χ4n) is 1.03. The van der Waals surface area contributed by atoms with Crippen molar-refractivity contribution < 1.29 is 9.13 Å². The van der Waals surface area contributed by atoms with Crippen LogP contribution in [0.15, 0.2) is 18.2 Å². The van der Waals surface area contributed by atoms with E-state index in [1.54, 1.807) is 6.07 Å². The minimum absolute atomic E-state index is 0.261. The minimum atomic E-state index is -0.261. The number of likely N-dealkylation sites (N-methyl/N-ethyl adjacent to an activating group) is 1. The van der Waals surface area contributed by atoms with E-state index in [-0.39, 0.29) is 11.9 Å². The number of halogens is 1. The normalized spacial score (nSPS) is 12.6. The largest absolute Gasteiger partial charge is 0.492 e. The monoisotopic (exact) mass is 197 g/mol. The lowest BCUT2D eigenvalue weighted by molar-refractivity contribution is 0.277. The van der Waals surface area contributed by atoms with Crippen LogP contribution >= 0.6 is 0 Å². The lowest BCUT2D eigenvalue weighted by Gasteiger charge is -2.13. The van der Waals surface area contributed by atoms with E-state index in [9.17, 15) is 4.39 Å². The highest BCUT2D eigenvalue weighted by molar-refractivity contribution is 5.32. The molecule has 1 atom stereocenters. The van der Waals surface area contributed by atoms with Crippen molar-refractivity contribution in [2.75, 3.05) is 13.7 Å². The smallest absolute Gasteiger partial charge is 0.126 e. The molecule has 1 aromatic rings.